The number of carbonyl (C=O) groups excluding carboxylic acids is 1. The van der Waals surface area contributed by atoms with Crippen LogP contribution in [0.1, 0.15) is 36.0 Å². The van der Waals surface area contributed by atoms with Gasteiger partial charge in [-0.2, -0.15) is 5.10 Å². The van der Waals surface area contributed by atoms with Crippen LogP contribution in [-0.4, -0.2) is 51.9 Å². The number of aromatic nitrogens is 3. The number of hydrogen-bond donors (Lipinski definition) is 0. The fourth-order valence-electron chi connectivity index (χ4n) is 4.01. The van der Waals surface area contributed by atoms with Gasteiger partial charge < -0.3 is 9.64 Å². The Bertz CT molecular complexity index is 742. The summed E-state index contributed by atoms with van der Waals surface area (Å²) in [5.74, 6) is 0.812. The van der Waals surface area contributed by atoms with Crippen molar-refractivity contribution in [2.75, 3.05) is 26.3 Å². The van der Waals surface area contributed by atoms with Gasteiger partial charge in [-0.15, -0.1) is 0 Å². The minimum atomic E-state index is 0.131. The highest BCUT2D eigenvalue weighted by molar-refractivity contribution is 5.94. The van der Waals surface area contributed by atoms with Crippen molar-refractivity contribution in [3.63, 3.8) is 0 Å². The lowest BCUT2D eigenvalue weighted by Gasteiger charge is -2.45. The molecule has 1 aromatic heterocycles. The van der Waals surface area contributed by atoms with Crippen LogP contribution in [-0.2, 0) is 11.8 Å². The van der Waals surface area contributed by atoms with E-state index < -0.39 is 0 Å². The molecule has 3 heterocycles. The van der Waals surface area contributed by atoms with Gasteiger partial charge in [0.1, 0.15) is 6.33 Å². The number of likely N-dealkylation sites (tertiary alicyclic amines) is 1. The number of hydrogen-bond acceptors (Lipinski definition) is 4. The molecule has 0 radical (unpaired) electrons. The van der Waals surface area contributed by atoms with Gasteiger partial charge in [-0.05, 0) is 43.2 Å². The van der Waals surface area contributed by atoms with E-state index in [9.17, 15) is 4.79 Å². The molecule has 25 heavy (non-hydrogen) atoms. The number of ether oxygens (including phenoxy) is 1. The van der Waals surface area contributed by atoms with Crippen molar-refractivity contribution in [1.82, 2.24) is 19.7 Å². The Morgan fingerprint density at radius 1 is 1.16 bits per heavy atom. The van der Waals surface area contributed by atoms with E-state index in [0.717, 1.165) is 56.7 Å². The van der Waals surface area contributed by atoms with Crippen LogP contribution in [0, 0.1) is 5.41 Å². The molecule has 0 atom stereocenters. The summed E-state index contributed by atoms with van der Waals surface area (Å²) < 4.78 is 7.19. The summed E-state index contributed by atoms with van der Waals surface area (Å²) >= 11 is 0. The van der Waals surface area contributed by atoms with Crippen LogP contribution >= 0.6 is 0 Å². The molecule has 1 amide bonds. The summed E-state index contributed by atoms with van der Waals surface area (Å²) in [7, 11) is 1.84. The molecule has 6 nitrogen and oxygen atoms in total. The van der Waals surface area contributed by atoms with E-state index in [0.29, 0.717) is 5.82 Å². The highest BCUT2D eigenvalue weighted by Gasteiger charge is 2.38. The molecule has 0 N–H and O–H groups in total. The van der Waals surface area contributed by atoms with E-state index in [-0.39, 0.29) is 11.3 Å². The molecule has 4 rings (SSSR count). The topological polar surface area (TPSA) is 60.2 Å². The lowest BCUT2D eigenvalue weighted by Crippen LogP contribution is -2.48. The number of carbonyl (C=O) groups is 1. The standard InChI is InChI=1S/C19H24N4O2/c1-22-14-20-17(21-22)15-3-5-16(6-4-15)18(24)23-10-2-7-19(13-23)8-11-25-12-9-19/h3-6,14H,2,7-13H2,1H3. The van der Waals surface area contributed by atoms with E-state index in [2.05, 4.69) is 10.1 Å². The van der Waals surface area contributed by atoms with Gasteiger partial charge in [-0.25, -0.2) is 4.98 Å². The summed E-state index contributed by atoms with van der Waals surface area (Å²) in [5, 5.41) is 4.30. The van der Waals surface area contributed by atoms with Gasteiger partial charge in [-0.1, -0.05) is 12.1 Å². The zero-order valence-electron chi connectivity index (χ0n) is 14.6. The van der Waals surface area contributed by atoms with E-state index in [1.54, 1.807) is 11.0 Å². The number of nitrogens with zero attached hydrogens (tertiary/aromatic N) is 4. The third-order valence-electron chi connectivity index (χ3n) is 5.49. The van der Waals surface area contributed by atoms with Crippen molar-refractivity contribution >= 4 is 5.91 Å². The third kappa shape index (κ3) is 3.31. The predicted octanol–water partition coefficient (Wildman–Crippen LogP) is 2.51. The molecule has 2 fully saturated rings. The third-order valence-corrected chi connectivity index (χ3v) is 5.49. The summed E-state index contributed by atoms with van der Waals surface area (Å²) in [4.78, 5) is 19.2. The first-order valence-electron chi connectivity index (χ1n) is 8.98. The number of benzene rings is 1. The zero-order valence-corrected chi connectivity index (χ0v) is 14.6. The molecule has 6 heteroatoms. The first-order valence-corrected chi connectivity index (χ1v) is 8.98. The van der Waals surface area contributed by atoms with Gasteiger partial charge in [0.05, 0.1) is 0 Å². The second kappa shape index (κ2) is 6.59. The number of piperidine rings is 1. The highest BCUT2D eigenvalue weighted by atomic mass is 16.5. The largest absolute Gasteiger partial charge is 0.381 e. The predicted molar refractivity (Wildman–Crippen MR) is 94.1 cm³/mol. The minimum absolute atomic E-state index is 0.131. The van der Waals surface area contributed by atoms with Gasteiger partial charge in [0.2, 0.25) is 0 Å². The van der Waals surface area contributed by atoms with Gasteiger partial charge in [-0.3, -0.25) is 9.48 Å². The quantitative estimate of drug-likeness (QED) is 0.843. The normalized spacial score (nSPS) is 20.0. The van der Waals surface area contributed by atoms with Crippen molar-refractivity contribution in [3.8, 4) is 11.4 Å². The van der Waals surface area contributed by atoms with Gasteiger partial charge in [0, 0.05) is 44.5 Å². The maximum Gasteiger partial charge on any atom is 0.253 e. The van der Waals surface area contributed by atoms with Crippen molar-refractivity contribution < 1.29 is 9.53 Å². The van der Waals surface area contributed by atoms with Gasteiger partial charge in [0.15, 0.2) is 5.82 Å². The molecular weight excluding hydrogens is 316 g/mol. The molecule has 0 unspecified atom stereocenters. The van der Waals surface area contributed by atoms with E-state index in [1.807, 2.05) is 36.2 Å². The fourth-order valence-corrected chi connectivity index (χ4v) is 4.01. The molecule has 1 spiro atoms. The van der Waals surface area contributed by atoms with E-state index in [1.165, 1.54) is 6.42 Å². The molecule has 2 aliphatic heterocycles. The van der Waals surface area contributed by atoms with Crippen LogP contribution in [0.2, 0.25) is 0 Å². The van der Waals surface area contributed by atoms with Crippen LogP contribution < -0.4 is 0 Å². The molecular formula is C19H24N4O2. The second-order valence-corrected chi connectivity index (χ2v) is 7.26. The van der Waals surface area contributed by atoms with Crippen molar-refractivity contribution in [2.45, 2.75) is 25.7 Å². The molecule has 2 aliphatic rings. The molecule has 2 saturated heterocycles. The molecule has 1 aromatic carbocycles. The summed E-state index contributed by atoms with van der Waals surface area (Å²) in [6, 6.07) is 7.63. The lowest BCUT2D eigenvalue weighted by atomic mass is 9.74. The number of aryl methyl sites for hydroxylation is 1. The molecule has 2 aromatic rings. The molecule has 0 saturated carbocycles. The first kappa shape index (κ1) is 16.3. The maximum atomic E-state index is 12.9. The molecule has 0 bridgehead atoms. The van der Waals surface area contributed by atoms with E-state index in [4.69, 9.17) is 4.74 Å². The minimum Gasteiger partial charge on any atom is -0.381 e. The van der Waals surface area contributed by atoms with Gasteiger partial charge >= 0.3 is 0 Å². The van der Waals surface area contributed by atoms with Gasteiger partial charge in [0.25, 0.3) is 5.91 Å². The summed E-state index contributed by atoms with van der Waals surface area (Å²) in [6.07, 6.45) is 6.11. The van der Waals surface area contributed by atoms with Crippen LogP contribution in [0.4, 0.5) is 0 Å². The highest BCUT2D eigenvalue weighted by Crippen LogP contribution is 2.39. The van der Waals surface area contributed by atoms with E-state index >= 15 is 0 Å². The molecule has 0 aliphatic carbocycles. The maximum absolute atomic E-state index is 12.9. The lowest BCUT2D eigenvalue weighted by molar-refractivity contribution is -0.0229. The Balaban J connectivity index is 1.48. The SMILES string of the molecule is Cn1cnc(-c2ccc(C(=O)N3CCCC4(CCOCC4)C3)cc2)n1. The van der Waals surface area contributed by atoms with Crippen molar-refractivity contribution in [2.24, 2.45) is 12.5 Å². The summed E-state index contributed by atoms with van der Waals surface area (Å²) in [5.41, 5.74) is 1.93. The molecule has 132 valence electrons. The van der Waals surface area contributed by atoms with Crippen LogP contribution in [0.25, 0.3) is 11.4 Å². The van der Waals surface area contributed by atoms with Crippen molar-refractivity contribution in [1.29, 1.82) is 0 Å². The smallest absolute Gasteiger partial charge is 0.253 e. The average Bonchev–Trinajstić information content (AvgIpc) is 3.08. The number of amides is 1. The Morgan fingerprint density at radius 2 is 1.92 bits per heavy atom. The number of rotatable bonds is 2. The Hall–Kier alpha value is -2.21. The first-order chi connectivity index (χ1) is 12.2. The van der Waals surface area contributed by atoms with Crippen LogP contribution in [0.15, 0.2) is 30.6 Å². The average molecular weight is 340 g/mol. The van der Waals surface area contributed by atoms with Crippen LogP contribution in [0.3, 0.4) is 0 Å². The van der Waals surface area contributed by atoms with Crippen LogP contribution in [0.5, 0.6) is 0 Å². The fraction of sp³-hybridized carbons (Fsp3) is 0.526. The monoisotopic (exact) mass is 340 g/mol. The second-order valence-electron chi connectivity index (χ2n) is 7.26. The van der Waals surface area contributed by atoms with Crippen molar-refractivity contribution in [3.05, 3.63) is 36.2 Å². The Kier molecular flexibility index (Phi) is 4.29. The Labute approximate surface area is 147 Å². The zero-order chi connectivity index (χ0) is 17.3. The summed E-state index contributed by atoms with van der Waals surface area (Å²) in [6.45, 7) is 3.37. The Morgan fingerprint density at radius 3 is 2.60 bits per heavy atom.